The number of hydrogen-bond donors (Lipinski definition) is 10. The van der Waals surface area contributed by atoms with Gasteiger partial charge in [0.25, 0.3) is 0 Å². The lowest BCUT2D eigenvalue weighted by atomic mass is 9.98. The minimum Gasteiger partial charge on any atom is -0.507 e. The van der Waals surface area contributed by atoms with Gasteiger partial charge in [-0.15, -0.1) is 0 Å². The van der Waals surface area contributed by atoms with Crippen molar-refractivity contribution in [3.63, 3.8) is 0 Å². The number of carbonyl (C=O) groups is 4. The molecule has 0 aromatic heterocycles. The van der Waals surface area contributed by atoms with E-state index in [-0.39, 0.29) is 39.9 Å². The fourth-order valence-electron chi connectivity index (χ4n) is 5.96. The predicted octanol–water partition coefficient (Wildman–Crippen LogP) is -2.36. The van der Waals surface area contributed by atoms with E-state index in [4.69, 9.17) is 52.8 Å². The Bertz CT molecular complexity index is 1850. The molecule has 2 fully saturated rings. The standard InChI is InChI=1S/C35H40O23/c1-50-17-3-12(4-18(51-2)26(17)43)33-19(56-35-32(49)30(47)28(45)21(58-35)11-53-25(42)9-23(39)40)7-14-15(36)5-13(6-16(14)55-33)54-34-31(48)29(46)27(44)20(57-34)10-52-24(41)8-22(37)38/h3-7,20-21,27-36,43-49H,8-11H2,1-2H3,(H,37,38)(H,39,40)/t20-,21+,27+,28+,29+,30+,31-,32-,33?,34-,35-/m1/s1. The number of aromatic hydroxyl groups is 2. The summed E-state index contributed by atoms with van der Waals surface area (Å²) in [6.07, 6.45) is -20.3. The molecule has 318 valence electrons. The third-order valence-electron chi connectivity index (χ3n) is 8.94. The topological polar surface area (TPSA) is 354 Å². The first-order valence-corrected chi connectivity index (χ1v) is 17.1. The number of methoxy groups -OCH3 is 2. The van der Waals surface area contributed by atoms with Gasteiger partial charge in [-0.1, -0.05) is 0 Å². The van der Waals surface area contributed by atoms with Gasteiger partial charge in [-0.25, -0.2) is 0 Å². The molecule has 10 N–H and O–H groups in total. The SMILES string of the molecule is COc1cc(C2Oc3cc(O[C@@H]4O[C@H](COC(=O)CC(=O)O)[C@H](O)[C@H](O)[C@H]4O)cc(O)c3C=C2O[C@@H]2O[C@@H](COC(=O)CC(=O)O)[C@H](O)[C@H](O)[C@H]2O)cc(OC)c1O. The van der Waals surface area contributed by atoms with Gasteiger partial charge in [-0.3, -0.25) is 19.2 Å². The first kappa shape index (κ1) is 43.5. The van der Waals surface area contributed by atoms with Gasteiger partial charge >= 0.3 is 23.9 Å². The van der Waals surface area contributed by atoms with Crippen LogP contribution in [0.3, 0.4) is 0 Å². The molecule has 2 aromatic carbocycles. The van der Waals surface area contributed by atoms with E-state index in [9.17, 15) is 60.0 Å². The number of esters is 2. The molecule has 5 rings (SSSR count). The first-order chi connectivity index (χ1) is 27.4. The van der Waals surface area contributed by atoms with Crippen LogP contribution < -0.4 is 18.9 Å². The van der Waals surface area contributed by atoms with Crippen molar-refractivity contribution in [1.29, 1.82) is 0 Å². The smallest absolute Gasteiger partial charge is 0.317 e. The van der Waals surface area contributed by atoms with E-state index in [0.29, 0.717) is 0 Å². The molecule has 0 radical (unpaired) electrons. The number of hydrogen-bond acceptors (Lipinski definition) is 21. The highest BCUT2D eigenvalue weighted by Crippen LogP contribution is 2.48. The van der Waals surface area contributed by atoms with Crippen LogP contribution >= 0.6 is 0 Å². The van der Waals surface area contributed by atoms with Gasteiger partial charge in [0.15, 0.2) is 17.6 Å². The van der Waals surface area contributed by atoms with E-state index in [1.54, 1.807) is 0 Å². The fraction of sp³-hybridized carbons (Fsp3) is 0.486. The highest BCUT2D eigenvalue weighted by molar-refractivity contribution is 5.90. The van der Waals surface area contributed by atoms with Crippen molar-refractivity contribution < 1.29 is 113 Å². The Balaban J connectivity index is 1.46. The van der Waals surface area contributed by atoms with Crippen LogP contribution in [0.1, 0.15) is 30.1 Å². The summed E-state index contributed by atoms with van der Waals surface area (Å²) < 4.78 is 49.2. The van der Waals surface area contributed by atoms with Crippen molar-refractivity contribution in [2.24, 2.45) is 0 Å². The van der Waals surface area contributed by atoms with E-state index in [0.717, 1.165) is 6.07 Å². The van der Waals surface area contributed by atoms with Crippen LogP contribution in [0.5, 0.6) is 34.5 Å². The Morgan fingerprint density at radius 3 is 1.60 bits per heavy atom. The number of fused-ring (bicyclic) bond motifs is 1. The van der Waals surface area contributed by atoms with Crippen molar-refractivity contribution in [3.05, 3.63) is 41.2 Å². The monoisotopic (exact) mass is 828 g/mol. The highest BCUT2D eigenvalue weighted by Gasteiger charge is 2.48. The molecule has 23 nitrogen and oxygen atoms in total. The van der Waals surface area contributed by atoms with Crippen molar-refractivity contribution in [2.45, 2.75) is 80.4 Å². The van der Waals surface area contributed by atoms with Gasteiger partial charge in [0.2, 0.25) is 18.3 Å². The van der Waals surface area contributed by atoms with E-state index in [1.165, 1.54) is 38.5 Å². The zero-order valence-corrected chi connectivity index (χ0v) is 30.3. The van der Waals surface area contributed by atoms with Gasteiger partial charge in [0.1, 0.15) is 97.9 Å². The fourth-order valence-corrected chi connectivity index (χ4v) is 5.96. The van der Waals surface area contributed by atoms with Crippen LogP contribution in [-0.2, 0) is 42.9 Å². The summed E-state index contributed by atoms with van der Waals surface area (Å²) in [7, 11) is 2.49. The maximum Gasteiger partial charge on any atom is 0.317 e. The molecule has 0 aliphatic carbocycles. The van der Waals surface area contributed by atoms with Gasteiger partial charge < -0.3 is 93.7 Å². The quantitative estimate of drug-likeness (QED) is 0.0663. The van der Waals surface area contributed by atoms with Crippen molar-refractivity contribution in [3.8, 4) is 34.5 Å². The van der Waals surface area contributed by atoms with Crippen LogP contribution in [-0.4, -0.2) is 164 Å². The minimum atomic E-state index is -1.96. The number of carbonyl (C=O) groups excluding carboxylic acids is 2. The first-order valence-electron chi connectivity index (χ1n) is 17.1. The largest absolute Gasteiger partial charge is 0.507 e. The van der Waals surface area contributed by atoms with Gasteiger partial charge in [0, 0.05) is 17.7 Å². The molecule has 23 heteroatoms. The third-order valence-corrected chi connectivity index (χ3v) is 8.94. The van der Waals surface area contributed by atoms with Crippen LogP contribution in [0.15, 0.2) is 30.0 Å². The van der Waals surface area contributed by atoms with E-state index >= 15 is 0 Å². The molecule has 2 aromatic rings. The number of aliphatic hydroxyl groups excluding tert-OH is 6. The molecule has 3 aliphatic heterocycles. The average Bonchev–Trinajstić information content (AvgIpc) is 3.16. The second kappa shape index (κ2) is 18.3. The van der Waals surface area contributed by atoms with Gasteiger partial charge in [-0.05, 0) is 18.2 Å². The molecular formula is C35H40O23. The lowest BCUT2D eigenvalue weighted by molar-refractivity contribution is -0.294. The summed E-state index contributed by atoms with van der Waals surface area (Å²) in [5.74, 6) is -7.17. The van der Waals surface area contributed by atoms with Gasteiger partial charge in [-0.2, -0.15) is 0 Å². The number of carboxylic acids is 2. The molecule has 0 saturated carbocycles. The Kier molecular flexibility index (Phi) is 13.7. The van der Waals surface area contributed by atoms with Crippen LogP contribution in [0.4, 0.5) is 0 Å². The molecule has 3 aliphatic rings. The second-order valence-electron chi connectivity index (χ2n) is 12.9. The van der Waals surface area contributed by atoms with Crippen molar-refractivity contribution in [2.75, 3.05) is 27.4 Å². The summed E-state index contributed by atoms with van der Waals surface area (Å²) in [6.45, 7) is -1.50. The van der Waals surface area contributed by atoms with Crippen LogP contribution in [0.2, 0.25) is 0 Å². The lowest BCUT2D eigenvalue weighted by Gasteiger charge is -2.41. The highest BCUT2D eigenvalue weighted by atomic mass is 16.7. The summed E-state index contributed by atoms with van der Waals surface area (Å²) in [5.41, 5.74) is 0.0489. The van der Waals surface area contributed by atoms with Crippen LogP contribution in [0.25, 0.3) is 6.08 Å². The minimum absolute atomic E-state index is 0.0925. The van der Waals surface area contributed by atoms with E-state index < -0.39 is 129 Å². The molecule has 2 saturated heterocycles. The number of aliphatic hydroxyl groups is 6. The Morgan fingerprint density at radius 1 is 0.655 bits per heavy atom. The summed E-state index contributed by atoms with van der Waals surface area (Å²) in [6, 6.07) is 4.85. The Labute approximate surface area is 326 Å². The molecule has 0 bridgehead atoms. The van der Waals surface area contributed by atoms with Crippen molar-refractivity contribution >= 4 is 30.0 Å². The third kappa shape index (κ3) is 9.71. The number of rotatable bonds is 15. The molecule has 3 heterocycles. The maximum absolute atomic E-state index is 11.8. The second-order valence-corrected chi connectivity index (χ2v) is 12.9. The number of ether oxygens (including phenoxy) is 9. The number of carboxylic acid groups (broad SMARTS) is 2. The lowest BCUT2D eigenvalue weighted by Crippen LogP contribution is -2.60. The van der Waals surface area contributed by atoms with Gasteiger partial charge in [0.05, 0.1) is 19.8 Å². The summed E-state index contributed by atoms with van der Waals surface area (Å²) in [5, 5.41) is 103. The Morgan fingerprint density at radius 2 is 1.14 bits per heavy atom. The number of aliphatic carboxylic acids is 2. The van der Waals surface area contributed by atoms with E-state index in [1.807, 2.05) is 0 Å². The number of phenols is 2. The summed E-state index contributed by atoms with van der Waals surface area (Å²) in [4.78, 5) is 45.3. The molecule has 11 atom stereocenters. The number of benzene rings is 2. The van der Waals surface area contributed by atoms with E-state index in [2.05, 4.69) is 0 Å². The molecule has 0 amide bonds. The molecule has 1 unspecified atom stereocenters. The molecule has 0 spiro atoms. The maximum atomic E-state index is 11.8. The zero-order valence-electron chi connectivity index (χ0n) is 30.3. The Hall–Kier alpha value is -5.66. The zero-order chi connectivity index (χ0) is 42.6. The molecular weight excluding hydrogens is 788 g/mol. The van der Waals surface area contributed by atoms with Crippen LogP contribution in [0, 0.1) is 0 Å². The summed E-state index contributed by atoms with van der Waals surface area (Å²) >= 11 is 0. The normalized spacial score (nSPS) is 29.1. The predicted molar refractivity (Wildman–Crippen MR) is 182 cm³/mol. The number of phenolic OH excluding ortho intramolecular Hbond substituents is 2. The average molecular weight is 829 g/mol. The van der Waals surface area contributed by atoms with Crippen molar-refractivity contribution in [1.82, 2.24) is 0 Å². The molecule has 58 heavy (non-hydrogen) atoms.